The summed E-state index contributed by atoms with van der Waals surface area (Å²) in [6, 6.07) is 5.57. The molecule has 0 amide bonds. The lowest BCUT2D eigenvalue weighted by atomic mass is 9.57. The third-order valence-corrected chi connectivity index (χ3v) is 4.61. The lowest BCUT2D eigenvalue weighted by Crippen LogP contribution is -2.63. The van der Waals surface area contributed by atoms with Gasteiger partial charge in [0, 0.05) is 29.7 Å². The molecule has 3 atom stereocenters. The van der Waals surface area contributed by atoms with Gasteiger partial charge in [-0.05, 0) is 24.6 Å². The van der Waals surface area contributed by atoms with Crippen LogP contribution in [-0.4, -0.2) is 18.8 Å². The molecule has 0 aromatic heterocycles. The minimum absolute atomic E-state index is 0.0462. The number of rotatable bonds is 2. The number of benzene rings is 1. The summed E-state index contributed by atoms with van der Waals surface area (Å²) in [6.07, 6.45) is -3.10. The van der Waals surface area contributed by atoms with Crippen molar-refractivity contribution in [2.45, 2.75) is 38.6 Å². The van der Waals surface area contributed by atoms with Crippen LogP contribution in [0.2, 0.25) is 0 Å². The third kappa shape index (κ3) is 2.08. The lowest BCUT2D eigenvalue weighted by molar-refractivity contribution is -0.137. The van der Waals surface area contributed by atoms with Crippen LogP contribution >= 0.6 is 0 Å². The molecule has 110 valence electrons. The number of ether oxygens (including phenoxy) is 1. The van der Waals surface area contributed by atoms with Gasteiger partial charge >= 0.3 is 6.18 Å². The first kappa shape index (κ1) is 13.7. The zero-order valence-electron chi connectivity index (χ0n) is 11.5. The van der Waals surface area contributed by atoms with Gasteiger partial charge in [0.25, 0.3) is 0 Å². The molecule has 1 aliphatic carbocycles. The summed E-state index contributed by atoms with van der Waals surface area (Å²) < 4.78 is 43.9. The zero-order chi connectivity index (χ0) is 14.5. The van der Waals surface area contributed by atoms with E-state index in [1.54, 1.807) is 6.07 Å². The predicted molar refractivity (Wildman–Crippen MR) is 70.5 cm³/mol. The highest BCUT2D eigenvalue weighted by atomic mass is 19.4. The second kappa shape index (κ2) is 4.38. The Morgan fingerprint density at radius 1 is 1.30 bits per heavy atom. The van der Waals surface area contributed by atoms with Gasteiger partial charge in [-0.2, -0.15) is 13.2 Å². The van der Waals surface area contributed by atoms with E-state index in [-0.39, 0.29) is 17.6 Å². The molecule has 2 aliphatic rings. The Morgan fingerprint density at radius 2 is 2.05 bits per heavy atom. The molecule has 5 heteroatoms. The van der Waals surface area contributed by atoms with Gasteiger partial charge in [-0.3, -0.25) is 0 Å². The fraction of sp³-hybridized carbons (Fsp3) is 0.600. The zero-order valence-corrected chi connectivity index (χ0v) is 11.5. The monoisotopic (exact) mass is 285 g/mol. The van der Waals surface area contributed by atoms with Crippen LogP contribution < -0.4 is 5.32 Å². The molecule has 1 aromatic carbocycles. The van der Waals surface area contributed by atoms with E-state index in [0.717, 1.165) is 19.1 Å². The standard InChI is InChI=1S/C15H18F3NO/c1-14(2)12(11-6-7-20-13(11)14)19-10-5-3-4-9(8-10)15(16,17)18/h3-5,8,11-13,19H,6-7H2,1-2H3. The summed E-state index contributed by atoms with van der Waals surface area (Å²) in [5.74, 6) is 0.402. The van der Waals surface area contributed by atoms with E-state index >= 15 is 0 Å². The molecule has 1 aliphatic heterocycles. The fourth-order valence-corrected chi connectivity index (χ4v) is 3.58. The molecule has 2 nitrogen and oxygen atoms in total. The van der Waals surface area contributed by atoms with Crippen LogP contribution in [0.5, 0.6) is 0 Å². The maximum Gasteiger partial charge on any atom is 0.416 e. The summed E-state index contributed by atoms with van der Waals surface area (Å²) >= 11 is 0. The van der Waals surface area contributed by atoms with E-state index in [0.29, 0.717) is 11.6 Å². The maximum atomic E-state index is 12.7. The number of hydrogen-bond acceptors (Lipinski definition) is 2. The van der Waals surface area contributed by atoms with Crippen molar-refractivity contribution in [2.75, 3.05) is 11.9 Å². The van der Waals surface area contributed by atoms with Crippen molar-refractivity contribution < 1.29 is 17.9 Å². The van der Waals surface area contributed by atoms with E-state index in [4.69, 9.17) is 4.74 Å². The molecule has 1 N–H and O–H groups in total. The Bertz CT molecular complexity index is 512. The van der Waals surface area contributed by atoms with E-state index in [1.807, 2.05) is 0 Å². The molecular weight excluding hydrogens is 267 g/mol. The van der Waals surface area contributed by atoms with Crippen molar-refractivity contribution >= 4 is 5.69 Å². The van der Waals surface area contributed by atoms with Crippen LogP contribution in [0.4, 0.5) is 18.9 Å². The van der Waals surface area contributed by atoms with E-state index in [9.17, 15) is 13.2 Å². The molecule has 0 bridgehead atoms. The van der Waals surface area contributed by atoms with Crippen LogP contribution in [0.1, 0.15) is 25.8 Å². The molecule has 20 heavy (non-hydrogen) atoms. The first-order valence-corrected chi connectivity index (χ1v) is 6.85. The van der Waals surface area contributed by atoms with E-state index in [2.05, 4.69) is 19.2 Å². The van der Waals surface area contributed by atoms with Crippen LogP contribution in [0, 0.1) is 11.3 Å². The van der Waals surface area contributed by atoms with E-state index in [1.165, 1.54) is 12.1 Å². The Kier molecular flexibility index (Phi) is 3.01. The van der Waals surface area contributed by atoms with Gasteiger partial charge in [0.2, 0.25) is 0 Å². The summed E-state index contributed by atoms with van der Waals surface area (Å²) in [7, 11) is 0. The Hall–Kier alpha value is -1.23. The quantitative estimate of drug-likeness (QED) is 0.889. The van der Waals surface area contributed by atoms with Crippen molar-refractivity contribution in [2.24, 2.45) is 11.3 Å². The van der Waals surface area contributed by atoms with Gasteiger partial charge < -0.3 is 10.1 Å². The number of fused-ring (bicyclic) bond motifs is 1. The van der Waals surface area contributed by atoms with Gasteiger partial charge in [-0.15, -0.1) is 0 Å². The number of anilines is 1. The van der Waals surface area contributed by atoms with E-state index < -0.39 is 11.7 Å². The minimum atomic E-state index is -4.30. The third-order valence-electron chi connectivity index (χ3n) is 4.61. The van der Waals surface area contributed by atoms with Gasteiger partial charge in [-0.1, -0.05) is 19.9 Å². The summed E-state index contributed by atoms with van der Waals surface area (Å²) in [4.78, 5) is 0. The van der Waals surface area contributed by atoms with Crippen molar-refractivity contribution in [3.63, 3.8) is 0 Å². The smallest absolute Gasteiger partial charge is 0.381 e. The molecule has 1 saturated carbocycles. The topological polar surface area (TPSA) is 21.3 Å². The van der Waals surface area contributed by atoms with Crippen LogP contribution in [0.25, 0.3) is 0 Å². The molecule has 3 unspecified atom stereocenters. The second-order valence-corrected chi connectivity index (χ2v) is 6.27. The average Bonchev–Trinajstić information content (AvgIpc) is 2.82. The van der Waals surface area contributed by atoms with Crippen LogP contribution in [-0.2, 0) is 10.9 Å². The Balaban J connectivity index is 1.79. The predicted octanol–water partition coefficient (Wildman–Crippen LogP) is 3.93. The lowest BCUT2D eigenvalue weighted by Gasteiger charge is -2.55. The highest BCUT2D eigenvalue weighted by Gasteiger charge is 2.59. The molecule has 1 heterocycles. The summed E-state index contributed by atoms with van der Waals surface area (Å²) in [6.45, 7) is 4.95. The highest BCUT2D eigenvalue weighted by Crippen LogP contribution is 2.53. The van der Waals surface area contributed by atoms with Gasteiger partial charge in [0.05, 0.1) is 11.7 Å². The molecular formula is C15H18F3NO. The number of halogens is 3. The first-order chi connectivity index (χ1) is 9.30. The van der Waals surface area contributed by atoms with Crippen molar-refractivity contribution in [1.29, 1.82) is 0 Å². The largest absolute Gasteiger partial charge is 0.416 e. The molecule has 1 saturated heterocycles. The minimum Gasteiger partial charge on any atom is -0.381 e. The molecule has 1 aromatic rings. The maximum absolute atomic E-state index is 12.7. The SMILES string of the molecule is CC1(C)C(Nc2cccc(C(F)(F)F)c2)C2CCOC21. The average molecular weight is 285 g/mol. The molecule has 3 rings (SSSR count). The molecule has 0 radical (unpaired) electrons. The number of alkyl halides is 3. The van der Waals surface area contributed by atoms with Gasteiger partial charge in [0.15, 0.2) is 0 Å². The summed E-state index contributed by atoms with van der Waals surface area (Å²) in [5.41, 5.74) is -0.128. The fourth-order valence-electron chi connectivity index (χ4n) is 3.58. The Morgan fingerprint density at radius 3 is 2.75 bits per heavy atom. The molecule has 2 fully saturated rings. The van der Waals surface area contributed by atoms with Crippen molar-refractivity contribution in [1.82, 2.24) is 0 Å². The van der Waals surface area contributed by atoms with Gasteiger partial charge in [0.1, 0.15) is 0 Å². The second-order valence-electron chi connectivity index (χ2n) is 6.27. The summed E-state index contributed by atoms with van der Waals surface area (Å²) in [5, 5.41) is 3.27. The highest BCUT2D eigenvalue weighted by molar-refractivity contribution is 5.49. The van der Waals surface area contributed by atoms with Crippen LogP contribution in [0.15, 0.2) is 24.3 Å². The van der Waals surface area contributed by atoms with Crippen molar-refractivity contribution in [3.05, 3.63) is 29.8 Å². The first-order valence-electron chi connectivity index (χ1n) is 6.85. The van der Waals surface area contributed by atoms with Crippen molar-refractivity contribution in [3.8, 4) is 0 Å². The number of nitrogens with one attached hydrogen (secondary N) is 1. The Labute approximate surface area is 116 Å². The normalized spacial score (nSPS) is 31.6. The van der Waals surface area contributed by atoms with Gasteiger partial charge in [-0.25, -0.2) is 0 Å². The van der Waals surface area contributed by atoms with Crippen LogP contribution in [0.3, 0.4) is 0 Å². The molecule has 0 spiro atoms. The number of hydrogen-bond donors (Lipinski definition) is 1.